The van der Waals surface area contributed by atoms with E-state index in [0.29, 0.717) is 0 Å². The van der Waals surface area contributed by atoms with E-state index in [-0.39, 0.29) is 0 Å². The lowest BCUT2D eigenvalue weighted by Gasteiger charge is -2.00. The second kappa shape index (κ2) is 7.15. The van der Waals surface area contributed by atoms with Crippen LogP contribution in [0.1, 0.15) is 5.56 Å². The van der Waals surface area contributed by atoms with Gasteiger partial charge in [-0.3, -0.25) is 0 Å². The largest absolute Gasteiger partial charge is 0.497 e. The van der Waals surface area contributed by atoms with E-state index in [2.05, 4.69) is 10.1 Å². The zero-order valence-electron chi connectivity index (χ0n) is 13.0. The van der Waals surface area contributed by atoms with E-state index < -0.39 is 0 Å². The number of thioether (sulfide) groups is 1. The molecule has 116 valence electrons. The van der Waals surface area contributed by atoms with Gasteiger partial charge in [-0.25, -0.2) is 9.66 Å². The van der Waals surface area contributed by atoms with Gasteiger partial charge in [-0.1, -0.05) is 42.1 Å². The summed E-state index contributed by atoms with van der Waals surface area (Å²) in [5.74, 6) is 0.834. The molecule has 0 bridgehead atoms. The Morgan fingerprint density at radius 3 is 2.48 bits per heavy atom. The number of methoxy groups -OCH3 is 1. The van der Waals surface area contributed by atoms with Crippen LogP contribution in [0.15, 0.2) is 71.1 Å². The Labute approximate surface area is 139 Å². The quantitative estimate of drug-likeness (QED) is 0.523. The second-order valence-electron chi connectivity index (χ2n) is 4.84. The zero-order valence-corrected chi connectivity index (χ0v) is 13.8. The third-order valence-corrected chi connectivity index (χ3v) is 4.00. The molecule has 1 aromatic heterocycles. The average molecular weight is 323 g/mol. The summed E-state index contributed by atoms with van der Waals surface area (Å²) < 4.78 is 6.99. The van der Waals surface area contributed by atoms with Gasteiger partial charge in [0.2, 0.25) is 0 Å². The lowest BCUT2D eigenvalue weighted by atomic mass is 10.2. The minimum atomic E-state index is 0.834. The summed E-state index contributed by atoms with van der Waals surface area (Å²) in [5.41, 5.74) is 2.98. The van der Waals surface area contributed by atoms with Crippen LogP contribution in [0.4, 0.5) is 0 Å². The molecule has 5 heteroatoms. The number of hydrogen-bond donors (Lipinski definition) is 0. The van der Waals surface area contributed by atoms with Gasteiger partial charge in [0.15, 0.2) is 5.16 Å². The predicted molar refractivity (Wildman–Crippen MR) is 95.4 cm³/mol. The highest BCUT2D eigenvalue weighted by Gasteiger charge is 2.08. The standard InChI is InChI=1S/C18H17N3OS/c1-22-16-10-8-15(9-11-16)17-13-21(18(20-17)23-2)19-12-14-6-4-3-5-7-14/h3-13H,1-2H3/b19-12+. The highest BCUT2D eigenvalue weighted by Crippen LogP contribution is 2.24. The third-order valence-electron chi connectivity index (χ3n) is 3.36. The first-order valence-electron chi connectivity index (χ1n) is 7.17. The lowest BCUT2D eigenvalue weighted by molar-refractivity contribution is 0.415. The molecule has 0 aliphatic carbocycles. The maximum absolute atomic E-state index is 5.19. The van der Waals surface area contributed by atoms with Crippen LogP contribution in [0.3, 0.4) is 0 Å². The van der Waals surface area contributed by atoms with E-state index in [1.54, 1.807) is 23.5 Å². The number of ether oxygens (including phenoxy) is 1. The van der Waals surface area contributed by atoms with Gasteiger partial charge >= 0.3 is 0 Å². The molecule has 0 amide bonds. The Bertz CT molecular complexity index is 795. The van der Waals surface area contributed by atoms with Crippen molar-refractivity contribution in [2.45, 2.75) is 5.16 Å². The van der Waals surface area contributed by atoms with Crippen molar-refractivity contribution >= 4 is 18.0 Å². The fourth-order valence-electron chi connectivity index (χ4n) is 2.14. The molecule has 2 aromatic carbocycles. The Kier molecular flexibility index (Phi) is 4.78. The van der Waals surface area contributed by atoms with Crippen molar-refractivity contribution < 1.29 is 4.74 Å². The molecule has 0 N–H and O–H groups in total. The molecule has 0 spiro atoms. The number of imidazole rings is 1. The molecule has 0 radical (unpaired) electrons. The van der Waals surface area contributed by atoms with E-state index >= 15 is 0 Å². The van der Waals surface area contributed by atoms with Crippen molar-refractivity contribution in [2.24, 2.45) is 5.10 Å². The molecule has 0 unspecified atom stereocenters. The fourth-order valence-corrected chi connectivity index (χ4v) is 2.62. The second-order valence-corrected chi connectivity index (χ2v) is 5.61. The molecule has 0 fully saturated rings. The van der Waals surface area contributed by atoms with Gasteiger partial charge in [-0.05, 0) is 36.1 Å². The SMILES string of the molecule is COc1ccc(-c2cn(/N=C/c3ccccc3)c(SC)n2)cc1. The first-order chi connectivity index (χ1) is 11.3. The zero-order chi connectivity index (χ0) is 16.1. The van der Waals surface area contributed by atoms with E-state index in [1.165, 1.54) is 0 Å². The van der Waals surface area contributed by atoms with Crippen LogP contribution in [-0.4, -0.2) is 29.2 Å². The summed E-state index contributed by atoms with van der Waals surface area (Å²) in [4.78, 5) is 4.64. The minimum absolute atomic E-state index is 0.834. The maximum Gasteiger partial charge on any atom is 0.189 e. The van der Waals surface area contributed by atoms with Crippen LogP contribution in [0, 0.1) is 0 Å². The Morgan fingerprint density at radius 1 is 1.09 bits per heavy atom. The van der Waals surface area contributed by atoms with Crippen LogP contribution < -0.4 is 4.74 Å². The molecule has 3 aromatic rings. The molecule has 0 aliphatic heterocycles. The molecular weight excluding hydrogens is 306 g/mol. The summed E-state index contributed by atoms with van der Waals surface area (Å²) in [6.45, 7) is 0. The summed E-state index contributed by atoms with van der Waals surface area (Å²) in [5, 5.41) is 5.36. The first kappa shape index (κ1) is 15.4. The molecule has 1 heterocycles. The van der Waals surface area contributed by atoms with E-state index in [0.717, 1.165) is 27.7 Å². The molecule has 23 heavy (non-hydrogen) atoms. The van der Waals surface area contributed by atoms with Crippen molar-refractivity contribution in [3.05, 3.63) is 66.4 Å². The third kappa shape index (κ3) is 3.63. The summed E-state index contributed by atoms with van der Waals surface area (Å²) in [6.07, 6.45) is 5.76. The maximum atomic E-state index is 5.19. The normalized spacial score (nSPS) is 11.0. The molecule has 0 saturated carbocycles. The molecule has 0 saturated heterocycles. The lowest BCUT2D eigenvalue weighted by Crippen LogP contribution is -1.90. The Balaban J connectivity index is 1.89. The van der Waals surface area contributed by atoms with E-state index in [1.807, 2.05) is 73.3 Å². The number of hydrogen-bond acceptors (Lipinski definition) is 4. The van der Waals surface area contributed by atoms with Gasteiger partial charge in [0.1, 0.15) is 5.75 Å². The fraction of sp³-hybridized carbons (Fsp3) is 0.111. The summed E-state index contributed by atoms with van der Waals surface area (Å²) >= 11 is 1.57. The molecule has 0 aliphatic rings. The van der Waals surface area contributed by atoms with Gasteiger partial charge in [0.05, 0.1) is 25.2 Å². The summed E-state index contributed by atoms with van der Waals surface area (Å²) in [6, 6.07) is 17.9. The molecule has 3 rings (SSSR count). The smallest absolute Gasteiger partial charge is 0.189 e. The van der Waals surface area contributed by atoms with Crippen LogP contribution in [0.25, 0.3) is 11.3 Å². The minimum Gasteiger partial charge on any atom is -0.497 e. The highest BCUT2D eigenvalue weighted by molar-refractivity contribution is 7.98. The number of aromatic nitrogens is 2. The molecular formula is C18H17N3OS. The van der Waals surface area contributed by atoms with Crippen LogP contribution >= 0.6 is 11.8 Å². The van der Waals surface area contributed by atoms with Crippen LogP contribution in [-0.2, 0) is 0 Å². The molecule has 4 nitrogen and oxygen atoms in total. The van der Waals surface area contributed by atoms with Crippen molar-refractivity contribution in [3.63, 3.8) is 0 Å². The Morgan fingerprint density at radius 2 is 1.83 bits per heavy atom. The monoisotopic (exact) mass is 323 g/mol. The summed E-state index contributed by atoms with van der Waals surface area (Å²) in [7, 11) is 1.66. The van der Waals surface area contributed by atoms with Gasteiger partial charge in [-0.2, -0.15) is 5.10 Å². The number of rotatable bonds is 5. The number of benzene rings is 2. The Hall–Kier alpha value is -2.53. The van der Waals surface area contributed by atoms with Gasteiger partial charge in [0.25, 0.3) is 0 Å². The van der Waals surface area contributed by atoms with Gasteiger partial charge < -0.3 is 4.74 Å². The average Bonchev–Trinajstić information content (AvgIpc) is 3.04. The van der Waals surface area contributed by atoms with Gasteiger partial charge in [0, 0.05) is 5.56 Å². The van der Waals surface area contributed by atoms with Crippen LogP contribution in [0.2, 0.25) is 0 Å². The van der Waals surface area contributed by atoms with Crippen molar-refractivity contribution in [2.75, 3.05) is 13.4 Å². The van der Waals surface area contributed by atoms with Crippen molar-refractivity contribution in [1.29, 1.82) is 0 Å². The predicted octanol–water partition coefficient (Wildman–Crippen LogP) is 4.16. The topological polar surface area (TPSA) is 39.4 Å². The first-order valence-corrected chi connectivity index (χ1v) is 8.40. The van der Waals surface area contributed by atoms with E-state index in [9.17, 15) is 0 Å². The van der Waals surface area contributed by atoms with E-state index in [4.69, 9.17) is 4.74 Å². The van der Waals surface area contributed by atoms with Crippen molar-refractivity contribution in [3.8, 4) is 17.0 Å². The van der Waals surface area contributed by atoms with Gasteiger partial charge in [-0.15, -0.1) is 0 Å². The van der Waals surface area contributed by atoms with Crippen LogP contribution in [0.5, 0.6) is 5.75 Å². The highest BCUT2D eigenvalue weighted by atomic mass is 32.2. The van der Waals surface area contributed by atoms with Crippen molar-refractivity contribution in [1.82, 2.24) is 9.66 Å². The number of nitrogens with zero attached hydrogens (tertiary/aromatic N) is 3. The molecule has 0 atom stereocenters.